The summed E-state index contributed by atoms with van der Waals surface area (Å²) in [6.45, 7) is 15.0. The SMILES string of the molecule is CCCCCCCCCCCCCC(=O)OCCOCCOCCOCCOCCOCCOCCOCCOCCOCCOCCOCCOCCOCCO. The van der Waals surface area contributed by atoms with Crippen molar-refractivity contribution in [2.45, 2.75) is 84.0 Å². The number of carbonyl (C=O) groups excluding carboxylic acids is 1. The molecule has 0 aliphatic rings. The molecular weight excluding hydrogens is 760 g/mol. The first-order valence-corrected chi connectivity index (χ1v) is 22.1. The second kappa shape index (κ2) is 53.9. The molecule has 0 rings (SSSR count). The normalized spacial score (nSPS) is 11.6. The molecule has 0 saturated carbocycles. The first-order chi connectivity index (χ1) is 28.8. The third kappa shape index (κ3) is 52.9. The molecule has 16 heteroatoms. The van der Waals surface area contributed by atoms with Crippen LogP contribution in [-0.2, 0) is 71.1 Å². The summed E-state index contributed by atoms with van der Waals surface area (Å²) in [6.07, 6.45) is 14.4. The van der Waals surface area contributed by atoms with E-state index in [1.54, 1.807) is 0 Å². The van der Waals surface area contributed by atoms with E-state index in [0.29, 0.717) is 178 Å². The summed E-state index contributed by atoms with van der Waals surface area (Å²) in [5, 5.41) is 8.59. The molecule has 16 nitrogen and oxygen atoms in total. The Hall–Kier alpha value is -1.09. The molecule has 0 radical (unpaired) electrons. The molecule has 1 N–H and O–H groups in total. The Balaban J connectivity index is 3.11. The van der Waals surface area contributed by atoms with Gasteiger partial charge in [-0.05, 0) is 6.42 Å². The highest BCUT2D eigenvalue weighted by atomic mass is 16.6. The van der Waals surface area contributed by atoms with Crippen molar-refractivity contribution >= 4 is 5.97 Å². The van der Waals surface area contributed by atoms with Crippen LogP contribution in [0.3, 0.4) is 0 Å². The molecule has 0 fully saturated rings. The second-order valence-corrected chi connectivity index (χ2v) is 13.2. The molecule has 0 aliphatic heterocycles. The molecule has 0 atom stereocenters. The number of aliphatic hydroxyl groups is 1. The van der Waals surface area contributed by atoms with Crippen LogP contribution in [0.25, 0.3) is 0 Å². The van der Waals surface area contributed by atoms with Gasteiger partial charge in [0.1, 0.15) is 6.61 Å². The fourth-order valence-corrected chi connectivity index (χ4v) is 5.03. The zero-order chi connectivity index (χ0) is 41.8. The van der Waals surface area contributed by atoms with Crippen LogP contribution in [0.4, 0.5) is 0 Å². The Morgan fingerprint density at radius 1 is 0.293 bits per heavy atom. The highest BCUT2D eigenvalue weighted by molar-refractivity contribution is 5.69. The molecule has 348 valence electrons. The summed E-state index contributed by atoms with van der Waals surface area (Å²) in [7, 11) is 0. The van der Waals surface area contributed by atoms with Gasteiger partial charge in [-0.3, -0.25) is 4.79 Å². The Kier molecular flexibility index (Phi) is 52.9. The zero-order valence-electron chi connectivity index (χ0n) is 36.4. The lowest BCUT2D eigenvalue weighted by molar-refractivity contribution is -0.145. The number of unbranched alkanes of at least 4 members (excludes halogenated alkanes) is 10. The molecule has 0 spiro atoms. The summed E-state index contributed by atoms with van der Waals surface area (Å²) in [5.74, 6) is -0.137. The van der Waals surface area contributed by atoms with E-state index in [9.17, 15) is 4.79 Å². The average Bonchev–Trinajstić information content (AvgIpc) is 3.23. The summed E-state index contributed by atoms with van der Waals surface area (Å²) in [6, 6.07) is 0. The van der Waals surface area contributed by atoms with E-state index < -0.39 is 0 Å². The Morgan fingerprint density at radius 2 is 0.500 bits per heavy atom. The summed E-state index contributed by atoms with van der Waals surface area (Å²) in [5.41, 5.74) is 0. The van der Waals surface area contributed by atoms with Crippen molar-refractivity contribution in [2.75, 3.05) is 185 Å². The van der Waals surface area contributed by atoms with Crippen LogP contribution in [0.1, 0.15) is 84.0 Å². The lowest BCUT2D eigenvalue weighted by Crippen LogP contribution is -2.16. The third-order valence-corrected chi connectivity index (χ3v) is 8.17. The summed E-state index contributed by atoms with van der Waals surface area (Å²) < 4.78 is 75.9. The maximum atomic E-state index is 11.8. The van der Waals surface area contributed by atoms with Crippen molar-refractivity contribution in [3.63, 3.8) is 0 Å². The van der Waals surface area contributed by atoms with E-state index in [0.717, 1.165) is 12.8 Å². The predicted octanol–water partition coefficient (Wildman–Crippen LogP) is 4.44. The van der Waals surface area contributed by atoms with Gasteiger partial charge in [0.15, 0.2) is 0 Å². The fraction of sp³-hybridized carbons (Fsp3) is 0.976. The van der Waals surface area contributed by atoms with E-state index in [4.69, 9.17) is 71.4 Å². The van der Waals surface area contributed by atoms with E-state index in [1.807, 2.05) is 0 Å². The van der Waals surface area contributed by atoms with Gasteiger partial charge in [-0.15, -0.1) is 0 Å². The fourth-order valence-electron chi connectivity index (χ4n) is 5.03. The van der Waals surface area contributed by atoms with Gasteiger partial charge >= 0.3 is 5.97 Å². The number of carbonyl (C=O) groups is 1. The van der Waals surface area contributed by atoms with Crippen molar-refractivity contribution in [3.8, 4) is 0 Å². The van der Waals surface area contributed by atoms with Gasteiger partial charge in [0.25, 0.3) is 0 Å². The van der Waals surface area contributed by atoms with Gasteiger partial charge in [-0.25, -0.2) is 0 Å². The number of ether oxygens (including phenoxy) is 14. The molecule has 0 heterocycles. The second-order valence-electron chi connectivity index (χ2n) is 13.2. The van der Waals surface area contributed by atoms with Crippen molar-refractivity contribution in [2.24, 2.45) is 0 Å². The van der Waals surface area contributed by atoms with Crippen LogP contribution in [0.2, 0.25) is 0 Å². The van der Waals surface area contributed by atoms with Gasteiger partial charge in [0.05, 0.1) is 178 Å². The minimum Gasteiger partial charge on any atom is -0.463 e. The monoisotopic (exact) mass is 845 g/mol. The van der Waals surface area contributed by atoms with Gasteiger partial charge < -0.3 is 71.4 Å². The maximum Gasteiger partial charge on any atom is 0.305 e. The van der Waals surface area contributed by atoms with Gasteiger partial charge in [-0.2, -0.15) is 0 Å². The van der Waals surface area contributed by atoms with E-state index >= 15 is 0 Å². The Morgan fingerprint density at radius 3 is 0.741 bits per heavy atom. The van der Waals surface area contributed by atoms with Crippen molar-refractivity contribution in [3.05, 3.63) is 0 Å². The van der Waals surface area contributed by atoms with Crippen LogP contribution >= 0.6 is 0 Å². The van der Waals surface area contributed by atoms with Gasteiger partial charge in [0, 0.05) is 6.42 Å². The lowest BCUT2D eigenvalue weighted by atomic mass is 10.1. The highest BCUT2D eigenvalue weighted by Gasteiger charge is 2.03. The average molecular weight is 845 g/mol. The van der Waals surface area contributed by atoms with Crippen LogP contribution in [0.5, 0.6) is 0 Å². The molecule has 0 amide bonds. The molecule has 0 aromatic carbocycles. The summed E-state index contributed by atoms with van der Waals surface area (Å²) in [4.78, 5) is 11.8. The number of aliphatic hydroxyl groups excluding tert-OH is 1. The Bertz CT molecular complexity index is 754. The standard InChI is InChI=1S/C42H84O16/c1-2-3-4-5-6-7-8-9-10-11-12-13-42(44)58-41-40-57-39-38-56-37-36-55-35-34-54-33-32-53-31-30-52-29-28-51-27-26-50-25-24-49-23-22-48-21-20-47-19-18-46-17-16-45-15-14-43/h43H,2-41H2,1H3. The quantitative estimate of drug-likeness (QED) is 0.0674. The minimum atomic E-state index is -0.137. The Labute approximate surface area is 350 Å². The van der Waals surface area contributed by atoms with Crippen LogP contribution in [-0.4, -0.2) is 196 Å². The van der Waals surface area contributed by atoms with Crippen LogP contribution < -0.4 is 0 Å². The molecular formula is C42H84O16. The van der Waals surface area contributed by atoms with Crippen LogP contribution in [0, 0.1) is 0 Å². The van der Waals surface area contributed by atoms with Crippen molar-refractivity contribution in [1.82, 2.24) is 0 Å². The first-order valence-electron chi connectivity index (χ1n) is 22.1. The molecule has 0 unspecified atom stereocenters. The van der Waals surface area contributed by atoms with Crippen LogP contribution in [0.15, 0.2) is 0 Å². The van der Waals surface area contributed by atoms with Gasteiger partial charge in [0.2, 0.25) is 0 Å². The summed E-state index contributed by atoms with van der Waals surface area (Å²) >= 11 is 0. The predicted molar refractivity (Wildman–Crippen MR) is 220 cm³/mol. The third-order valence-electron chi connectivity index (χ3n) is 8.17. The zero-order valence-corrected chi connectivity index (χ0v) is 36.4. The molecule has 58 heavy (non-hydrogen) atoms. The molecule has 0 aromatic rings. The number of rotatable bonds is 53. The molecule has 0 bridgehead atoms. The molecule has 0 aromatic heterocycles. The first kappa shape index (κ1) is 56.9. The largest absolute Gasteiger partial charge is 0.463 e. The van der Waals surface area contributed by atoms with Crippen molar-refractivity contribution < 1.29 is 76.2 Å². The van der Waals surface area contributed by atoms with Crippen molar-refractivity contribution in [1.29, 1.82) is 0 Å². The molecule has 0 aliphatic carbocycles. The number of hydrogen-bond donors (Lipinski definition) is 1. The van der Waals surface area contributed by atoms with E-state index in [-0.39, 0.29) is 19.2 Å². The highest BCUT2D eigenvalue weighted by Crippen LogP contribution is 2.12. The van der Waals surface area contributed by atoms with Gasteiger partial charge in [-0.1, -0.05) is 71.1 Å². The molecule has 0 saturated heterocycles. The van der Waals surface area contributed by atoms with E-state index in [2.05, 4.69) is 6.92 Å². The number of esters is 1. The topological polar surface area (TPSA) is 167 Å². The smallest absolute Gasteiger partial charge is 0.305 e. The number of hydrogen-bond acceptors (Lipinski definition) is 16. The van der Waals surface area contributed by atoms with E-state index in [1.165, 1.54) is 57.8 Å². The lowest BCUT2D eigenvalue weighted by Gasteiger charge is -2.09. The minimum absolute atomic E-state index is 0.0217. The maximum absolute atomic E-state index is 11.8.